The molecule has 2 aromatic rings. The molecule has 0 aliphatic rings. The number of rotatable bonds is 2. The Bertz CT molecular complexity index is 687. The molecular formula is C10H9NO4S. The Balaban J connectivity index is 2.76. The first kappa shape index (κ1) is 10.7. The van der Waals surface area contributed by atoms with Crippen LogP contribution in [0.2, 0.25) is 0 Å². The van der Waals surface area contributed by atoms with Crippen LogP contribution < -0.4 is 9.84 Å². The third-order valence-corrected chi connectivity index (χ3v) is 2.39. The van der Waals surface area contributed by atoms with Crippen molar-refractivity contribution >= 4 is 21.0 Å². The van der Waals surface area contributed by atoms with Gasteiger partial charge < -0.3 is 0 Å². The number of fused-ring (bicyclic) bond motifs is 1. The van der Waals surface area contributed by atoms with Crippen LogP contribution in [0.25, 0.3) is 10.9 Å². The quantitative estimate of drug-likeness (QED) is 0.760. The zero-order valence-electron chi connectivity index (χ0n) is 8.45. The Kier molecular flexibility index (Phi) is 2.43. The van der Waals surface area contributed by atoms with E-state index in [-0.39, 0.29) is 0 Å². The Labute approximate surface area is 92.0 Å². The molecule has 0 unspecified atom stereocenters. The van der Waals surface area contributed by atoms with Crippen LogP contribution in [-0.4, -0.2) is 19.4 Å². The summed E-state index contributed by atoms with van der Waals surface area (Å²) in [6, 6.07) is 9.73. The minimum absolute atomic E-state index is 0.417. The molecule has 1 aromatic heterocycles. The normalized spacial score (nSPS) is 11.6. The molecule has 1 heterocycles. The zero-order chi connectivity index (χ0) is 11.8. The number of hydrogen-bond acceptors (Lipinski definition) is 4. The molecule has 0 saturated carbocycles. The minimum Gasteiger partial charge on any atom is -0.284 e. The van der Waals surface area contributed by atoms with Crippen molar-refractivity contribution in [2.24, 2.45) is 0 Å². The maximum absolute atomic E-state index is 11.5. The van der Waals surface area contributed by atoms with Crippen molar-refractivity contribution in [2.75, 3.05) is 6.26 Å². The average molecular weight is 239 g/mol. The molecule has 0 amide bonds. The first-order valence-corrected chi connectivity index (χ1v) is 6.30. The summed E-state index contributed by atoms with van der Waals surface area (Å²) < 4.78 is 27.4. The van der Waals surface area contributed by atoms with E-state index in [2.05, 4.69) is 4.28 Å². The van der Waals surface area contributed by atoms with Crippen LogP contribution in [-0.2, 0) is 10.1 Å². The largest absolute Gasteiger partial charge is 0.324 e. The molecule has 0 bridgehead atoms. The monoisotopic (exact) mass is 239 g/mol. The number of para-hydroxylation sites is 1. The van der Waals surface area contributed by atoms with Gasteiger partial charge in [0, 0.05) is 11.5 Å². The number of hydrogen-bond donors (Lipinski definition) is 0. The molecule has 0 fully saturated rings. The molecule has 0 radical (unpaired) electrons. The second kappa shape index (κ2) is 3.64. The Morgan fingerprint density at radius 2 is 1.81 bits per heavy atom. The minimum atomic E-state index is -3.73. The predicted octanol–water partition coefficient (Wildman–Crippen LogP) is 0.390. The van der Waals surface area contributed by atoms with Gasteiger partial charge in [-0.25, -0.2) is 0 Å². The second-order valence-corrected chi connectivity index (χ2v) is 4.86. The number of benzene rings is 1. The topological polar surface area (TPSA) is 65.4 Å². The van der Waals surface area contributed by atoms with Gasteiger partial charge in [-0.05, 0) is 12.1 Å². The molecule has 0 atom stereocenters. The fourth-order valence-electron chi connectivity index (χ4n) is 1.37. The van der Waals surface area contributed by atoms with Gasteiger partial charge in [0.2, 0.25) is 0 Å². The highest BCUT2D eigenvalue weighted by Crippen LogP contribution is 2.09. The van der Waals surface area contributed by atoms with Crippen molar-refractivity contribution in [1.29, 1.82) is 0 Å². The van der Waals surface area contributed by atoms with E-state index in [1.165, 1.54) is 6.07 Å². The van der Waals surface area contributed by atoms with E-state index in [0.717, 1.165) is 16.4 Å². The Morgan fingerprint density at radius 3 is 2.50 bits per heavy atom. The summed E-state index contributed by atoms with van der Waals surface area (Å²) in [4.78, 5) is 11.5. The average Bonchev–Trinajstić information content (AvgIpc) is 2.21. The highest BCUT2D eigenvalue weighted by molar-refractivity contribution is 7.86. The third-order valence-electron chi connectivity index (χ3n) is 1.97. The van der Waals surface area contributed by atoms with Crippen LogP contribution >= 0.6 is 0 Å². The third kappa shape index (κ3) is 2.06. The fourth-order valence-corrected chi connectivity index (χ4v) is 1.80. The predicted molar refractivity (Wildman–Crippen MR) is 59.6 cm³/mol. The van der Waals surface area contributed by atoms with Crippen molar-refractivity contribution in [3.63, 3.8) is 0 Å². The maximum Gasteiger partial charge on any atom is 0.324 e. The molecular weight excluding hydrogens is 230 g/mol. The van der Waals surface area contributed by atoms with E-state index >= 15 is 0 Å². The number of aromatic nitrogens is 1. The van der Waals surface area contributed by atoms with Crippen molar-refractivity contribution in [3.05, 3.63) is 46.8 Å². The van der Waals surface area contributed by atoms with Gasteiger partial charge in [-0.15, -0.1) is 4.73 Å². The molecule has 5 nitrogen and oxygen atoms in total. The number of pyridine rings is 1. The molecule has 0 aliphatic carbocycles. The van der Waals surface area contributed by atoms with Gasteiger partial charge in [0.25, 0.3) is 5.56 Å². The molecule has 2 rings (SSSR count). The lowest BCUT2D eigenvalue weighted by atomic mass is 10.2. The summed E-state index contributed by atoms with van der Waals surface area (Å²) >= 11 is 0. The van der Waals surface area contributed by atoms with Crippen molar-refractivity contribution in [1.82, 2.24) is 4.73 Å². The van der Waals surface area contributed by atoms with Gasteiger partial charge >= 0.3 is 10.1 Å². The standard InChI is InChI=1S/C10H9NO4S/c1-16(13,14)15-11-9-5-3-2-4-8(9)6-7-10(11)12/h2-7H,1H3. The summed E-state index contributed by atoms with van der Waals surface area (Å²) in [7, 11) is -3.73. The molecule has 0 saturated heterocycles. The van der Waals surface area contributed by atoms with Crippen molar-refractivity contribution < 1.29 is 12.7 Å². The van der Waals surface area contributed by atoms with Crippen molar-refractivity contribution in [3.8, 4) is 0 Å². The maximum atomic E-state index is 11.5. The molecule has 0 spiro atoms. The smallest absolute Gasteiger partial charge is 0.284 e. The SMILES string of the molecule is CS(=O)(=O)On1c(=O)ccc2ccccc21. The van der Waals surface area contributed by atoms with E-state index in [4.69, 9.17) is 0 Å². The summed E-state index contributed by atoms with van der Waals surface area (Å²) in [6.07, 6.45) is 0.890. The van der Waals surface area contributed by atoms with Gasteiger partial charge in [-0.2, -0.15) is 8.42 Å². The van der Waals surface area contributed by atoms with Gasteiger partial charge in [-0.3, -0.25) is 9.08 Å². The molecule has 1 aromatic carbocycles. The highest BCUT2D eigenvalue weighted by atomic mass is 32.2. The molecule has 0 aliphatic heterocycles. The van der Waals surface area contributed by atoms with E-state index in [0.29, 0.717) is 5.52 Å². The van der Waals surface area contributed by atoms with E-state index in [9.17, 15) is 13.2 Å². The lowest BCUT2D eigenvalue weighted by Gasteiger charge is -2.08. The first-order chi connectivity index (χ1) is 7.47. The van der Waals surface area contributed by atoms with Crippen LogP contribution in [0.5, 0.6) is 0 Å². The van der Waals surface area contributed by atoms with Gasteiger partial charge in [0.15, 0.2) is 0 Å². The highest BCUT2D eigenvalue weighted by Gasteiger charge is 2.08. The van der Waals surface area contributed by atoms with Crippen LogP contribution in [0.1, 0.15) is 0 Å². The van der Waals surface area contributed by atoms with Gasteiger partial charge in [-0.1, -0.05) is 18.2 Å². The van der Waals surface area contributed by atoms with Gasteiger partial charge in [0.1, 0.15) is 0 Å². The van der Waals surface area contributed by atoms with Gasteiger partial charge in [0.05, 0.1) is 11.8 Å². The Morgan fingerprint density at radius 1 is 1.12 bits per heavy atom. The summed E-state index contributed by atoms with van der Waals surface area (Å²) in [5.74, 6) is 0. The van der Waals surface area contributed by atoms with E-state index in [1.54, 1.807) is 30.3 Å². The zero-order valence-corrected chi connectivity index (χ0v) is 9.27. The van der Waals surface area contributed by atoms with Crippen LogP contribution in [0, 0.1) is 0 Å². The Hall–Kier alpha value is -1.82. The van der Waals surface area contributed by atoms with Crippen LogP contribution in [0.15, 0.2) is 41.2 Å². The van der Waals surface area contributed by atoms with Crippen LogP contribution in [0.3, 0.4) is 0 Å². The first-order valence-electron chi connectivity index (χ1n) is 4.48. The second-order valence-electron chi connectivity index (χ2n) is 3.30. The molecule has 0 N–H and O–H groups in total. The summed E-state index contributed by atoms with van der Waals surface area (Å²) in [6.45, 7) is 0. The summed E-state index contributed by atoms with van der Waals surface area (Å²) in [5, 5.41) is 0.728. The molecule has 16 heavy (non-hydrogen) atoms. The number of nitrogens with zero attached hydrogens (tertiary/aromatic N) is 1. The lowest BCUT2D eigenvalue weighted by Crippen LogP contribution is -2.29. The lowest BCUT2D eigenvalue weighted by molar-refractivity contribution is 0.284. The summed E-state index contributed by atoms with van der Waals surface area (Å²) in [5.41, 5.74) is -0.107. The van der Waals surface area contributed by atoms with E-state index < -0.39 is 15.7 Å². The molecule has 84 valence electrons. The van der Waals surface area contributed by atoms with Crippen LogP contribution in [0.4, 0.5) is 0 Å². The fraction of sp³-hybridized carbons (Fsp3) is 0.100. The van der Waals surface area contributed by atoms with Crippen molar-refractivity contribution in [2.45, 2.75) is 0 Å². The molecule has 6 heteroatoms. The van der Waals surface area contributed by atoms with E-state index in [1.807, 2.05) is 0 Å².